The summed E-state index contributed by atoms with van der Waals surface area (Å²) < 4.78 is 0. The summed E-state index contributed by atoms with van der Waals surface area (Å²) in [5.41, 5.74) is 1.78. The van der Waals surface area contributed by atoms with Gasteiger partial charge < -0.3 is 0 Å². The minimum absolute atomic E-state index is 0.1000. The van der Waals surface area contributed by atoms with Gasteiger partial charge in [0.15, 0.2) is 0 Å². The fraction of sp³-hybridized carbons (Fsp3) is 0.667. The average molecular weight is 218 g/mol. The maximum Gasteiger partial charge on any atom is 0.139 e. The zero-order chi connectivity index (χ0) is 11.9. The fourth-order valence-electron chi connectivity index (χ4n) is 2.85. The lowest BCUT2D eigenvalue weighted by Crippen LogP contribution is -2.10. The van der Waals surface area contributed by atoms with Crippen molar-refractivity contribution >= 4 is 5.78 Å². The topological polar surface area (TPSA) is 17.1 Å². The van der Waals surface area contributed by atoms with Gasteiger partial charge in [-0.25, -0.2) is 0 Å². The highest BCUT2D eigenvalue weighted by Gasteiger charge is 2.56. The summed E-state index contributed by atoms with van der Waals surface area (Å²) in [6.07, 6.45) is 8.35. The van der Waals surface area contributed by atoms with E-state index in [9.17, 15) is 4.79 Å². The maximum absolute atomic E-state index is 12.0. The highest BCUT2D eigenvalue weighted by atomic mass is 16.1. The van der Waals surface area contributed by atoms with Gasteiger partial charge in [0.2, 0.25) is 0 Å². The van der Waals surface area contributed by atoms with E-state index in [1.54, 1.807) is 0 Å². The predicted octanol–water partition coefficient (Wildman–Crippen LogP) is 3.76. The van der Waals surface area contributed by atoms with Crippen LogP contribution in [0.3, 0.4) is 0 Å². The van der Waals surface area contributed by atoms with Gasteiger partial charge in [-0.3, -0.25) is 4.79 Å². The van der Waals surface area contributed by atoms with Crippen molar-refractivity contribution in [2.45, 2.75) is 40.5 Å². The van der Waals surface area contributed by atoms with E-state index in [2.05, 4.69) is 39.0 Å². The van der Waals surface area contributed by atoms with Gasteiger partial charge in [0.05, 0.1) is 0 Å². The number of hydrogen-bond acceptors (Lipinski definition) is 1. The van der Waals surface area contributed by atoms with Crippen LogP contribution in [0, 0.1) is 23.2 Å². The standard InChI is InChI=1S/C15H22O/c1-10-6-5-7-11(2)14(16)9-13-12(8-10)15(13,3)4/h5,7-8,11-13H,6,9H2,1-4H3/b7-5-,10-8+/t11?,12-,13+/m1/s1. The largest absolute Gasteiger partial charge is 0.299 e. The van der Waals surface area contributed by atoms with Gasteiger partial charge in [0.1, 0.15) is 5.78 Å². The van der Waals surface area contributed by atoms with Crippen molar-refractivity contribution < 1.29 is 4.79 Å². The van der Waals surface area contributed by atoms with E-state index in [4.69, 9.17) is 0 Å². The van der Waals surface area contributed by atoms with Crippen LogP contribution in [-0.2, 0) is 4.79 Å². The summed E-state index contributed by atoms with van der Waals surface area (Å²) in [4.78, 5) is 12.0. The molecule has 0 bridgehead atoms. The Hall–Kier alpha value is -0.850. The lowest BCUT2D eigenvalue weighted by Gasteiger charge is -2.07. The lowest BCUT2D eigenvalue weighted by molar-refractivity contribution is -0.121. The normalized spacial score (nSPS) is 42.9. The molecule has 1 heteroatoms. The van der Waals surface area contributed by atoms with E-state index in [0.717, 1.165) is 12.8 Å². The van der Waals surface area contributed by atoms with Gasteiger partial charge in [0, 0.05) is 12.3 Å². The summed E-state index contributed by atoms with van der Waals surface area (Å²) in [6.45, 7) is 8.79. The Morgan fingerprint density at radius 3 is 2.75 bits per heavy atom. The minimum atomic E-state index is 0.1000. The molecule has 0 heterocycles. The highest BCUT2D eigenvalue weighted by molar-refractivity contribution is 5.83. The molecule has 0 aromatic heterocycles. The van der Waals surface area contributed by atoms with E-state index >= 15 is 0 Å². The van der Waals surface area contributed by atoms with Crippen molar-refractivity contribution in [3.8, 4) is 0 Å². The first-order chi connectivity index (χ1) is 7.43. The Morgan fingerprint density at radius 1 is 1.38 bits per heavy atom. The minimum Gasteiger partial charge on any atom is -0.299 e. The van der Waals surface area contributed by atoms with Gasteiger partial charge in [-0.15, -0.1) is 0 Å². The molecule has 0 N–H and O–H groups in total. The molecular weight excluding hydrogens is 196 g/mol. The zero-order valence-electron chi connectivity index (χ0n) is 10.8. The number of rotatable bonds is 0. The molecule has 88 valence electrons. The van der Waals surface area contributed by atoms with E-state index in [1.165, 1.54) is 5.57 Å². The van der Waals surface area contributed by atoms with Gasteiger partial charge in [-0.05, 0) is 30.6 Å². The number of carbonyl (C=O) groups is 1. The molecule has 2 aliphatic rings. The lowest BCUT2D eigenvalue weighted by atomic mass is 9.97. The van der Waals surface area contributed by atoms with Crippen LogP contribution in [0.25, 0.3) is 0 Å². The summed E-state index contributed by atoms with van der Waals surface area (Å²) in [5.74, 6) is 1.70. The molecule has 0 aromatic rings. The molecule has 16 heavy (non-hydrogen) atoms. The molecule has 0 spiro atoms. The first-order valence-electron chi connectivity index (χ1n) is 6.29. The predicted molar refractivity (Wildman–Crippen MR) is 67.1 cm³/mol. The third-order valence-electron chi connectivity index (χ3n) is 4.40. The van der Waals surface area contributed by atoms with E-state index in [1.807, 2.05) is 6.92 Å². The van der Waals surface area contributed by atoms with Crippen molar-refractivity contribution in [1.29, 1.82) is 0 Å². The second-order valence-corrected chi connectivity index (χ2v) is 6.06. The van der Waals surface area contributed by atoms with Gasteiger partial charge in [0.25, 0.3) is 0 Å². The van der Waals surface area contributed by atoms with Crippen LogP contribution in [0.2, 0.25) is 0 Å². The fourth-order valence-corrected chi connectivity index (χ4v) is 2.85. The summed E-state index contributed by atoms with van der Waals surface area (Å²) in [5, 5.41) is 0. The molecule has 1 fully saturated rings. The van der Waals surface area contributed by atoms with Crippen molar-refractivity contribution in [3.05, 3.63) is 23.8 Å². The Bertz CT molecular complexity index is 360. The average Bonchev–Trinajstić information content (AvgIpc) is 2.68. The molecule has 0 saturated heterocycles. The number of Topliss-reactive ketones (excluding diaryl/α,β-unsaturated/α-hetero) is 1. The molecule has 3 atom stereocenters. The summed E-state index contributed by atoms with van der Waals surface area (Å²) in [6, 6.07) is 0. The molecule has 1 saturated carbocycles. The Kier molecular flexibility index (Phi) is 2.81. The van der Waals surface area contributed by atoms with Crippen molar-refractivity contribution in [1.82, 2.24) is 0 Å². The van der Waals surface area contributed by atoms with Gasteiger partial charge >= 0.3 is 0 Å². The Morgan fingerprint density at radius 2 is 2.06 bits per heavy atom. The molecule has 0 amide bonds. The van der Waals surface area contributed by atoms with Crippen molar-refractivity contribution in [3.63, 3.8) is 0 Å². The molecule has 2 rings (SSSR count). The molecule has 0 radical (unpaired) electrons. The highest BCUT2D eigenvalue weighted by Crippen LogP contribution is 2.61. The van der Waals surface area contributed by atoms with Crippen molar-refractivity contribution in [2.75, 3.05) is 0 Å². The second-order valence-electron chi connectivity index (χ2n) is 6.06. The second kappa shape index (κ2) is 3.87. The smallest absolute Gasteiger partial charge is 0.139 e. The molecular formula is C15H22O. The number of allylic oxidation sites excluding steroid dienone is 4. The van der Waals surface area contributed by atoms with Crippen LogP contribution in [0.1, 0.15) is 40.5 Å². The van der Waals surface area contributed by atoms with Crippen LogP contribution in [0.5, 0.6) is 0 Å². The quantitative estimate of drug-likeness (QED) is 0.566. The molecule has 0 aromatic carbocycles. The molecule has 1 unspecified atom stereocenters. The van der Waals surface area contributed by atoms with E-state index in [-0.39, 0.29) is 5.92 Å². The molecule has 0 aliphatic heterocycles. The Labute approximate surface area is 98.6 Å². The number of carbonyl (C=O) groups excluding carboxylic acids is 1. The molecule has 2 aliphatic carbocycles. The third-order valence-corrected chi connectivity index (χ3v) is 4.40. The van der Waals surface area contributed by atoms with E-state index < -0.39 is 0 Å². The zero-order valence-corrected chi connectivity index (χ0v) is 10.8. The van der Waals surface area contributed by atoms with Crippen LogP contribution < -0.4 is 0 Å². The summed E-state index contributed by atoms with van der Waals surface area (Å²) >= 11 is 0. The Balaban J connectivity index is 2.22. The van der Waals surface area contributed by atoms with Crippen LogP contribution in [-0.4, -0.2) is 5.78 Å². The van der Waals surface area contributed by atoms with Gasteiger partial charge in [-0.1, -0.05) is 44.6 Å². The van der Waals surface area contributed by atoms with Crippen LogP contribution >= 0.6 is 0 Å². The van der Waals surface area contributed by atoms with Crippen LogP contribution in [0.4, 0.5) is 0 Å². The first kappa shape index (κ1) is 11.6. The number of fused-ring (bicyclic) bond motifs is 1. The SMILES string of the molecule is C/C1=C\[C@@H]2[C@H](CC(=O)C(C)/C=C\C1)C2(C)C. The number of ketones is 1. The number of hydrogen-bond donors (Lipinski definition) is 0. The third kappa shape index (κ3) is 2.00. The first-order valence-corrected chi connectivity index (χ1v) is 6.29. The van der Waals surface area contributed by atoms with Gasteiger partial charge in [-0.2, -0.15) is 0 Å². The monoisotopic (exact) mass is 218 g/mol. The molecule has 1 nitrogen and oxygen atoms in total. The van der Waals surface area contributed by atoms with Crippen molar-refractivity contribution in [2.24, 2.45) is 23.2 Å². The van der Waals surface area contributed by atoms with Crippen LogP contribution in [0.15, 0.2) is 23.8 Å². The summed E-state index contributed by atoms with van der Waals surface area (Å²) in [7, 11) is 0. The van der Waals surface area contributed by atoms with E-state index in [0.29, 0.717) is 23.0 Å². The maximum atomic E-state index is 12.0.